The van der Waals surface area contributed by atoms with E-state index in [0.29, 0.717) is 33.4 Å². The lowest BCUT2D eigenvalue weighted by Crippen LogP contribution is -2.12. The Morgan fingerprint density at radius 3 is 2.77 bits per heavy atom. The highest BCUT2D eigenvalue weighted by atomic mass is 32.1. The third-order valence-corrected chi connectivity index (χ3v) is 4.91. The van der Waals surface area contributed by atoms with E-state index in [9.17, 15) is 14.9 Å². The molecule has 0 aliphatic rings. The zero-order valence-corrected chi connectivity index (χ0v) is 15.7. The van der Waals surface area contributed by atoms with Crippen LogP contribution < -0.4 is 10.1 Å². The van der Waals surface area contributed by atoms with Crippen molar-refractivity contribution in [3.8, 4) is 11.8 Å². The van der Waals surface area contributed by atoms with Crippen molar-refractivity contribution in [3.63, 3.8) is 0 Å². The normalized spacial score (nSPS) is 10.1. The van der Waals surface area contributed by atoms with Gasteiger partial charge in [0.05, 0.1) is 19.3 Å². The molecule has 0 unspecified atom stereocenters. The molecule has 1 heterocycles. The van der Waals surface area contributed by atoms with Crippen molar-refractivity contribution < 1.29 is 19.1 Å². The minimum Gasteiger partial charge on any atom is -0.494 e. The Labute approximate surface area is 156 Å². The minimum absolute atomic E-state index is 0.263. The van der Waals surface area contributed by atoms with Gasteiger partial charge in [-0.3, -0.25) is 4.79 Å². The molecule has 2 aromatic rings. The van der Waals surface area contributed by atoms with Gasteiger partial charge in [-0.15, -0.1) is 11.3 Å². The Balaban J connectivity index is 2.21. The molecule has 1 amide bonds. The molecule has 0 saturated carbocycles. The summed E-state index contributed by atoms with van der Waals surface area (Å²) in [5.41, 5.74) is 1.17. The zero-order valence-electron chi connectivity index (χ0n) is 14.9. The van der Waals surface area contributed by atoms with E-state index in [2.05, 4.69) is 12.2 Å². The molecule has 0 radical (unpaired) electrons. The number of nitrogens with one attached hydrogen (secondary N) is 1. The number of thiophene rings is 1. The van der Waals surface area contributed by atoms with Crippen molar-refractivity contribution in [2.24, 2.45) is 0 Å². The van der Waals surface area contributed by atoms with Gasteiger partial charge in [-0.05, 0) is 37.1 Å². The molecule has 0 atom stereocenters. The summed E-state index contributed by atoms with van der Waals surface area (Å²) in [6.45, 7) is 4.32. The number of anilines is 1. The van der Waals surface area contributed by atoms with Crippen molar-refractivity contribution in [1.82, 2.24) is 0 Å². The number of nitriles is 1. The second kappa shape index (κ2) is 9.02. The van der Waals surface area contributed by atoms with Crippen LogP contribution in [0.4, 0.5) is 5.00 Å². The van der Waals surface area contributed by atoms with Crippen LogP contribution in [0.2, 0.25) is 0 Å². The molecule has 0 aliphatic carbocycles. The highest BCUT2D eigenvalue weighted by Gasteiger charge is 2.22. The van der Waals surface area contributed by atoms with Crippen LogP contribution in [0.25, 0.3) is 0 Å². The van der Waals surface area contributed by atoms with Gasteiger partial charge < -0.3 is 14.8 Å². The van der Waals surface area contributed by atoms with Gasteiger partial charge in [-0.25, -0.2) is 4.79 Å². The van der Waals surface area contributed by atoms with Gasteiger partial charge >= 0.3 is 5.97 Å². The van der Waals surface area contributed by atoms with Crippen LogP contribution in [0.1, 0.15) is 50.9 Å². The van der Waals surface area contributed by atoms with E-state index in [1.807, 2.05) is 6.07 Å². The summed E-state index contributed by atoms with van der Waals surface area (Å²) in [4.78, 5) is 24.6. The zero-order chi connectivity index (χ0) is 19.1. The summed E-state index contributed by atoms with van der Waals surface area (Å²) in [5, 5.41) is 12.4. The molecule has 0 spiro atoms. The van der Waals surface area contributed by atoms with E-state index in [0.717, 1.165) is 24.2 Å². The number of carbonyl (C=O) groups excluding carboxylic acids is 2. The number of unbranched alkanes of at least 4 members (excludes halogenated alkanes) is 1. The third kappa shape index (κ3) is 4.41. The van der Waals surface area contributed by atoms with Crippen LogP contribution in [-0.2, 0) is 4.74 Å². The largest absolute Gasteiger partial charge is 0.494 e. The Morgan fingerprint density at radius 2 is 2.12 bits per heavy atom. The van der Waals surface area contributed by atoms with Crippen LogP contribution in [0.15, 0.2) is 24.3 Å². The fraction of sp³-hybridized carbons (Fsp3) is 0.316. The molecule has 1 aromatic carbocycles. The smallest absolute Gasteiger partial charge is 0.348 e. The van der Waals surface area contributed by atoms with E-state index in [4.69, 9.17) is 9.47 Å². The van der Waals surface area contributed by atoms with E-state index < -0.39 is 5.97 Å². The number of methoxy groups -OCH3 is 1. The van der Waals surface area contributed by atoms with E-state index in [1.165, 1.54) is 7.11 Å². The first-order valence-electron chi connectivity index (χ1n) is 8.17. The van der Waals surface area contributed by atoms with Crippen molar-refractivity contribution in [1.29, 1.82) is 5.26 Å². The number of amides is 1. The number of esters is 1. The molecule has 1 N–H and O–H groups in total. The lowest BCUT2D eigenvalue weighted by atomic mass is 10.1. The molecule has 1 aromatic heterocycles. The van der Waals surface area contributed by atoms with Crippen molar-refractivity contribution >= 4 is 28.2 Å². The van der Waals surface area contributed by atoms with Gasteiger partial charge in [0.1, 0.15) is 21.7 Å². The molecule has 2 rings (SSSR count). The average Bonchev–Trinajstić information content (AvgIpc) is 2.96. The van der Waals surface area contributed by atoms with Gasteiger partial charge in [0, 0.05) is 5.56 Å². The van der Waals surface area contributed by atoms with Gasteiger partial charge in [0.2, 0.25) is 0 Å². The molecule has 0 saturated heterocycles. The van der Waals surface area contributed by atoms with Crippen molar-refractivity contribution in [3.05, 3.63) is 45.8 Å². The minimum atomic E-state index is -0.532. The van der Waals surface area contributed by atoms with Gasteiger partial charge in [-0.2, -0.15) is 5.26 Å². The highest BCUT2D eigenvalue weighted by molar-refractivity contribution is 7.18. The van der Waals surface area contributed by atoms with E-state index >= 15 is 0 Å². The summed E-state index contributed by atoms with van der Waals surface area (Å²) in [6, 6.07) is 8.87. The Hall–Kier alpha value is -2.85. The molecule has 136 valence electrons. The molecule has 0 aliphatic heterocycles. The van der Waals surface area contributed by atoms with Crippen LogP contribution in [0, 0.1) is 18.3 Å². The molecular formula is C19H20N2O4S. The maximum Gasteiger partial charge on any atom is 0.348 e. The number of carbonyl (C=O) groups is 2. The summed E-state index contributed by atoms with van der Waals surface area (Å²) in [6.07, 6.45) is 1.96. The third-order valence-electron chi connectivity index (χ3n) is 3.72. The maximum atomic E-state index is 12.5. The molecular weight excluding hydrogens is 352 g/mol. The van der Waals surface area contributed by atoms with Crippen molar-refractivity contribution in [2.45, 2.75) is 26.7 Å². The molecule has 0 bridgehead atoms. The number of benzene rings is 1. The summed E-state index contributed by atoms with van der Waals surface area (Å²) >= 11 is 1.03. The standard InChI is InChI=1S/C19H20N2O4S/c1-4-5-9-25-14-8-6-7-13(10-14)17(22)21-18-15(11-20)12(2)16(26-18)19(23)24-3/h6-8,10H,4-5,9H2,1-3H3,(H,21,22). The number of hydrogen-bond donors (Lipinski definition) is 1. The number of ether oxygens (including phenoxy) is 2. The number of nitrogens with zero attached hydrogens (tertiary/aromatic N) is 1. The maximum absolute atomic E-state index is 12.5. The SMILES string of the molecule is CCCCOc1cccc(C(=O)Nc2sc(C(=O)OC)c(C)c2C#N)c1. The summed E-state index contributed by atoms with van der Waals surface area (Å²) < 4.78 is 10.3. The van der Waals surface area contributed by atoms with E-state index in [-0.39, 0.29) is 11.5 Å². The monoisotopic (exact) mass is 372 g/mol. The average molecular weight is 372 g/mol. The van der Waals surface area contributed by atoms with Gasteiger partial charge in [0.15, 0.2) is 0 Å². The van der Waals surface area contributed by atoms with E-state index in [1.54, 1.807) is 31.2 Å². The topological polar surface area (TPSA) is 88.4 Å². The van der Waals surface area contributed by atoms with Gasteiger partial charge in [0.25, 0.3) is 5.91 Å². The lowest BCUT2D eigenvalue weighted by Gasteiger charge is -2.08. The van der Waals surface area contributed by atoms with Gasteiger partial charge in [-0.1, -0.05) is 19.4 Å². The predicted molar refractivity (Wildman–Crippen MR) is 99.9 cm³/mol. The second-order valence-corrected chi connectivity index (χ2v) is 6.57. The number of hydrogen-bond acceptors (Lipinski definition) is 6. The Morgan fingerprint density at radius 1 is 1.35 bits per heavy atom. The molecule has 0 fully saturated rings. The lowest BCUT2D eigenvalue weighted by molar-refractivity contribution is 0.0605. The van der Waals surface area contributed by atoms with Crippen molar-refractivity contribution in [2.75, 3.05) is 19.0 Å². The second-order valence-electron chi connectivity index (χ2n) is 5.55. The highest BCUT2D eigenvalue weighted by Crippen LogP contribution is 2.33. The first kappa shape index (κ1) is 19.5. The molecule has 7 heteroatoms. The molecule has 6 nitrogen and oxygen atoms in total. The fourth-order valence-corrected chi connectivity index (χ4v) is 3.33. The Bertz CT molecular complexity index is 852. The van der Waals surface area contributed by atoms with Crippen LogP contribution in [-0.4, -0.2) is 25.6 Å². The Kier molecular flexibility index (Phi) is 6.75. The summed E-state index contributed by atoms with van der Waals surface area (Å²) in [7, 11) is 1.27. The predicted octanol–water partition coefficient (Wildman–Crippen LogP) is 4.15. The van der Waals surface area contributed by atoms with Crippen LogP contribution in [0.5, 0.6) is 5.75 Å². The molecule has 26 heavy (non-hydrogen) atoms. The quantitative estimate of drug-likeness (QED) is 0.583. The van der Waals surface area contributed by atoms with Crippen LogP contribution >= 0.6 is 11.3 Å². The van der Waals surface area contributed by atoms with Crippen LogP contribution in [0.3, 0.4) is 0 Å². The summed E-state index contributed by atoms with van der Waals surface area (Å²) in [5.74, 6) is -0.292. The fourth-order valence-electron chi connectivity index (χ4n) is 2.26. The first-order valence-corrected chi connectivity index (χ1v) is 8.99. The number of rotatable bonds is 7. The first-order chi connectivity index (χ1) is 12.5.